The largest absolute Gasteiger partial charge is 0.359 e. The minimum absolute atomic E-state index is 0.0491. The molecule has 1 aromatic carbocycles. The molecule has 0 bridgehead atoms. The highest BCUT2D eigenvalue weighted by Crippen LogP contribution is 2.30. The van der Waals surface area contributed by atoms with Crippen molar-refractivity contribution in [1.82, 2.24) is 20.1 Å². The average Bonchev–Trinajstić information content (AvgIpc) is 3.13. The van der Waals surface area contributed by atoms with E-state index in [2.05, 4.69) is 20.5 Å². The van der Waals surface area contributed by atoms with Gasteiger partial charge < -0.3 is 15.1 Å². The summed E-state index contributed by atoms with van der Waals surface area (Å²) in [6.07, 6.45) is 3.27. The molecule has 3 aromatic rings. The second-order valence-corrected chi connectivity index (χ2v) is 8.15. The van der Waals surface area contributed by atoms with Crippen LogP contribution in [0, 0.1) is 13.8 Å². The average molecular weight is 433 g/mol. The molecule has 32 heavy (non-hydrogen) atoms. The van der Waals surface area contributed by atoms with Crippen molar-refractivity contribution in [2.45, 2.75) is 33.2 Å². The van der Waals surface area contributed by atoms with E-state index in [1.54, 1.807) is 29.1 Å². The van der Waals surface area contributed by atoms with E-state index in [0.717, 1.165) is 29.8 Å². The lowest BCUT2D eigenvalue weighted by Crippen LogP contribution is -2.40. The summed E-state index contributed by atoms with van der Waals surface area (Å²) >= 11 is 0. The van der Waals surface area contributed by atoms with Crippen LogP contribution in [0.2, 0.25) is 0 Å². The van der Waals surface area contributed by atoms with E-state index in [4.69, 9.17) is 0 Å². The second-order valence-electron chi connectivity index (χ2n) is 8.15. The molecule has 3 heterocycles. The van der Waals surface area contributed by atoms with Gasteiger partial charge in [-0.25, -0.2) is 4.98 Å². The molecule has 0 radical (unpaired) electrons. The maximum Gasteiger partial charge on any atom is 0.255 e. The van der Waals surface area contributed by atoms with Crippen LogP contribution in [0.4, 0.5) is 11.5 Å². The molecule has 166 valence electrons. The number of nitrogens with one attached hydrogen (secondary N) is 2. The van der Waals surface area contributed by atoms with E-state index in [1.807, 2.05) is 44.2 Å². The normalized spacial score (nSPS) is 13.0. The van der Waals surface area contributed by atoms with Crippen LogP contribution >= 0.6 is 0 Å². The molecule has 1 aliphatic rings. The van der Waals surface area contributed by atoms with Gasteiger partial charge in [0.2, 0.25) is 5.91 Å². The zero-order valence-corrected chi connectivity index (χ0v) is 18.7. The van der Waals surface area contributed by atoms with Crippen LogP contribution in [0.15, 0.2) is 42.6 Å². The van der Waals surface area contributed by atoms with Crippen molar-refractivity contribution < 1.29 is 9.59 Å². The smallest absolute Gasteiger partial charge is 0.255 e. The number of hydrogen-bond donors (Lipinski definition) is 2. The lowest BCUT2D eigenvalue weighted by Gasteiger charge is -2.30. The highest BCUT2D eigenvalue weighted by molar-refractivity contribution is 6.04. The van der Waals surface area contributed by atoms with Gasteiger partial charge in [0.05, 0.1) is 30.0 Å². The summed E-state index contributed by atoms with van der Waals surface area (Å²) < 4.78 is 0. The molecule has 4 rings (SSSR count). The number of aromatic amines is 1. The molecule has 8 nitrogen and oxygen atoms in total. The number of fused-ring (bicyclic) bond motifs is 1. The van der Waals surface area contributed by atoms with Gasteiger partial charge in [0.1, 0.15) is 0 Å². The minimum Gasteiger partial charge on any atom is -0.359 e. The van der Waals surface area contributed by atoms with Crippen LogP contribution in [0.25, 0.3) is 0 Å². The topological polar surface area (TPSA) is 94.2 Å². The van der Waals surface area contributed by atoms with Crippen molar-refractivity contribution in [3.05, 3.63) is 70.7 Å². The van der Waals surface area contributed by atoms with E-state index < -0.39 is 0 Å². The lowest BCUT2D eigenvalue weighted by molar-refractivity contribution is -0.117. The standard InChI is InChI=1S/C24H28N6O2/c1-16-20(17(2)28-27-16)10-7-11-29(3)24(32)19-12-21-23(25-13-19)26-14-22(31)30(21)15-18-8-5-4-6-9-18/h4-6,8-9,12-13H,7,10-11,14-15H2,1-3H3,(H,25,26)(H,27,28). The van der Waals surface area contributed by atoms with Gasteiger partial charge in [0.25, 0.3) is 5.91 Å². The molecule has 0 saturated heterocycles. The third kappa shape index (κ3) is 4.49. The third-order valence-electron chi connectivity index (χ3n) is 5.84. The SMILES string of the molecule is Cc1n[nH]c(C)c1CCCN(C)C(=O)c1cnc2c(c1)N(Cc1ccccc1)C(=O)CN2. The molecule has 8 heteroatoms. The molecular weight excluding hydrogens is 404 g/mol. The van der Waals surface area contributed by atoms with Gasteiger partial charge in [0.15, 0.2) is 5.82 Å². The summed E-state index contributed by atoms with van der Waals surface area (Å²) in [6, 6.07) is 11.6. The molecule has 0 atom stereocenters. The molecule has 0 unspecified atom stereocenters. The third-order valence-corrected chi connectivity index (χ3v) is 5.84. The number of aromatic nitrogens is 3. The van der Waals surface area contributed by atoms with Crippen molar-refractivity contribution in [2.75, 3.05) is 30.4 Å². The predicted octanol–water partition coefficient (Wildman–Crippen LogP) is 3.09. The van der Waals surface area contributed by atoms with Crippen molar-refractivity contribution in [3.63, 3.8) is 0 Å². The Bertz CT molecular complexity index is 1110. The Morgan fingerprint density at radius 1 is 1.22 bits per heavy atom. The molecule has 2 amide bonds. The van der Waals surface area contributed by atoms with Crippen LogP contribution < -0.4 is 10.2 Å². The Hall–Kier alpha value is -3.68. The monoisotopic (exact) mass is 432 g/mol. The number of amides is 2. The second kappa shape index (κ2) is 9.21. The van der Waals surface area contributed by atoms with Crippen LogP contribution in [0.5, 0.6) is 0 Å². The number of hydrogen-bond acceptors (Lipinski definition) is 5. The van der Waals surface area contributed by atoms with Gasteiger partial charge >= 0.3 is 0 Å². The van der Waals surface area contributed by atoms with E-state index in [-0.39, 0.29) is 18.4 Å². The van der Waals surface area contributed by atoms with Crippen LogP contribution in [-0.2, 0) is 17.8 Å². The Kier molecular flexibility index (Phi) is 6.20. The summed E-state index contributed by atoms with van der Waals surface area (Å²) in [5.41, 5.74) is 5.41. The number of carbonyl (C=O) groups excluding carboxylic acids is 2. The predicted molar refractivity (Wildman–Crippen MR) is 124 cm³/mol. The number of anilines is 2. The first-order valence-corrected chi connectivity index (χ1v) is 10.8. The summed E-state index contributed by atoms with van der Waals surface area (Å²) in [7, 11) is 1.79. The van der Waals surface area contributed by atoms with Crippen molar-refractivity contribution >= 4 is 23.3 Å². The van der Waals surface area contributed by atoms with Gasteiger partial charge in [-0.2, -0.15) is 5.10 Å². The van der Waals surface area contributed by atoms with Gasteiger partial charge in [0, 0.05) is 25.5 Å². The van der Waals surface area contributed by atoms with E-state index in [9.17, 15) is 9.59 Å². The van der Waals surface area contributed by atoms with E-state index >= 15 is 0 Å². The Morgan fingerprint density at radius 3 is 2.72 bits per heavy atom. The minimum atomic E-state index is -0.112. The fraction of sp³-hybridized carbons (Fsp3) is 0.333. The molecule has 0 fully saturated rings. The zero-order valence-electron chi connectivity index (χ0n) is 18.7. The Balaban J connectivity index is 1.47. The molecular formula is C24H28N6O2. The number of rotatable bonds is 7. The highest BCUT2D eigenvalue weighted by atomic mass is 16.2. The zero-order chi connectivity index (χ0) is 22.7. The van der Waals surface area contributed by atoms with Crippen LogP contribution in [-0.4, -0.2) is 52.0 Å². The molecule has 0 saturated carbocycles. The van der Waals surface area contributed by atoms with Gasteiger partial charge in [-0.05, 0) is 43.9 Å². The van der Waals surface area contributed by atoms with Crippen LogP contribution in [0.1, 0.15) is 39.3 Å². The summed E-state index contributed by atoms with van der Waals surface area (Å²) in [6.45, 7) is 5.24. The lowest BCUT2D eigenvalue weighted by atomic mass is 10.1. The summed E-state index contributed by atoms with van der Waals surface area (Å²) in [5.74, 6) is 0.455. The molecule has 1 aliphatic heterocycles. The molecule has 2 aromatic heterocycles. The first kappa shape index (κ1) is 21.5. The highest BCUT2D eigenvalue weighted by Gasteiger charge is 2.26. The maximum absolute atomic E-state index is 13.0. The summed E-state index contributed by atoms with van der Waals surface area (Å²) in [4.78, 5) is 33.5. The molecule has 0 spiro atoms. The fourth-order valence-corrected chi connectivity index (χ4v) is 4.00. The van der Waals surface area contributed by atoms with Crippen molar-refractivity contribution in [3.8, 4) is 0 Å². The Morgan fingerprint density at radius 2 is 2.00 bits per heavy atom. The Labute approximate surface area is 187 Å². The number of aryl methyl sites for hydroxylation is 2. The van der Waals surface area contributed by atoms with E-state index in [0.29, 0.717) is 30.2 Å². The number of carbonyl (C=O) groups is 2. The molecule has 2 N–H and O–H groups in total. The van der Waals surface area contributed by atoms with Gasteiger partial charge in [-0.1, -0.05) is 30.3 Å². The maximum atomic E-state index is 13.0. The van der Waals surface area contributed by atoms with Crippen molar-refractivity contribution in [2.24, 2.45) is 0 Å². The first-order valence-electron chi connectivity index (χ1n) is 10.8. The number of nitrogens with zero attached hydrogens (tertiary/aromatic N) is 4. The quantitative estimate of drug-likeness (QED) is 0.598. The molecule has 0 aliphatic carbocycles. The number of benzene rings is 1. The van der Waals surface area contributed by atoms with Gasteiger partial charge in [-0.3, -0.25) is 14.7 Å². The number of H-pyrrole nitrogens is 1. The number of pyridine rings is 1. The van der Waals surface area contributed by atoms with Crippen LogP contribution in [0.3, 0.4) is 0 Å². The fourth-order valence-electron chi connectivity index (χ4n) is 4.00. The summed E-state index contributed by atoms with van der Waals surface area (Å²) in [5, 5.41) is 10.3. The van der Waals surface area contributed by atoms with Gasteiger partial charge in [-0.15, -0.1) is 0 Å². The van der Waals surface area contributed by atoms with E-state index in [1.165, 1.54) is 5.56 Å². The first-order chi connectivity index (χ1) is 15.4. The van der Waals surface area contributed by atoms with Crippen molar-refractivity contribution in [1.29, 1.82) is 0 Å².